The van der Waals surface area contributed by atoms with Gasteiger partial charge in [-0.25, -0.2) is 4.98 Å². The van der Waals surface area contributed by atoms with E-state index >= 15 is 0 Å². The maximum absolute atomic E-state index is 5.98. The first-order chi connectivity index (χ1) is 8.66. The van der Waals surface area contributed by atoms with Gasteiger partial charge in [0.05, 0.1) is 12.7 Å². The number of benzene rings is 1. The lowest BCUT2D eigenvalue weighted by molar-refractivity contribution is 0.0524. The molecule has 1 heterocycles. The van der Waals surface area contributed by atoms with E-state index < -0.39 is 0 Å². The van der Waals surface area contributed by atoms with E-state index in [0.29, 0.717) is 16.9 Å². The monoisotopic (exact) mass is 281 g/mol. The van der Waals surface area contributed by atoms with Crippen molar-refractivity contribution in [1.82, 2.24) is 4.98 Å². The molecule has 0 saturated carbocycles. The molecule has 2 aromatic rings. The molecule has 4 heteroatoms. The summed E-state index contributed by atoms with van der Waals surface area (Å²) in [5, 5.41) is 0.780. The smallest absolute Gasteiger partial charge is 0.136 e. The maximum atomic E-state index is 5.98. The Kier molecular flexibility index (Phi) is 4.59. The van der Waals surface area contributed by atoms with Crippen molar-refractivity contribution in [3.63, 3.8) is 0 Å². The molecule has 1 aromatic heterocycles. The Labute approximate surface area is 117 Å². The lowest BCUT2D eigenvalue weighted by Crippen LogP contribution is -2.01. The number of hydrogen-bond acceptors (Lipinski definition) is 2. The van der Waals surface area contributed by atoms with Gasteiger partial charge in [-0.15, -0.1) is 0 Å². The number of aromatic nitrogens is 1. The molecule has 0 aliphatic heterocycles. The number of rotatable bonds is 4. The van der Waals surface area contributed by atoms with Gasteiger partial charge in [0, 0.05) is 5.56 Å². The predicted molar refractivity (Wildman–Crippen MR) is 73.9 cm³/mol. The van der Waals surface area contributed by atoms with Crippen LogP contribution >= 0.6 is 23.2 Å². The van der Waals surface area contributed by atoms with Crippen LogP contribution in [-0.4, -0.2) is 4.98 Å². The second kappa shape index (κ2) is 6.19. The van der Waals surface area contributed by atoms with Gasteiger partial charge in [-0.05, 0) is 18.6 Å². The Bertz CT molecular complexity index is 516. The zero-order chi connectivity index (χ0) is 13.0. The SMILES string of the molecule is CC(OCc1ccc(Cl)nc1Cl)c1ccccc1. The molecule has 0 aliphatic carbocycles. The van der Waals surface area contributed by atoms with Crippen molar-refractivity contribution in [3.8, 4) is 0 Å². The second-order valence-electron chi connectivity index (χ2n) is 3.95. The number of nitrogens with zero attached hydrogens (tertiary/aromatic N) is 1. The normalized spacial score (nSPS) is 12.4. The van der Waals surface area contributed by atoms with Crippen LogP contribution in [0.3, 0.4) is 0 Å². The molecule has 0 fully saturated rings. The molecule has 1 atom stereocenters. The fourth-order valence-electron chi connectivity index (χ4n) is 1.58. The van der Waals surface area contributed by atoms with Crippen LogP contribution in [0.25, 0.3) is 0 Å². The summed E-state index contributed by atoms with van der Waals surface area (Å²) in [5.41, 5.74) is 1.97. The van der Waals surface area contributed by atoms with Crippen LogP contribution in [0.1, 0.15) is 24.2 Å². The Morgan fingerprint density at radius 3 is 2.50 bits per heavy atom. The number of halogens is 2. The zero-order valence-corrected chi connectivity index (χ0v) is 11.4. The molecule has 1 aromatic carbocycles. The van der Waals surface area contributed by atoms with Gasteiger partial charge in [-0.1, -0.05) is 59.6 Å². The quantitative estimate of drug-likeness (QED) is 0.760. The summed E-state index contributed by atoms with van der Waals surface area (Å²) in [6.07, 6.45) is 0.0120. The van der Waals surface area contributed by atoms with Crippen LogP contribution in [-0.2, 0) is 11.3 Å². The molecule has 0 N–H and O–H groups in total. The highest BCUT2D eigenvalue weighted by molar-refractivity contribution is 6.32. The van der Waals surface area contributed by atoms with Crippen LogP contribution in [0.15, 0.2) is 42.5 Å². The highest BCUT2D eigenvalue weighted by Gasteiger charge is 2.08. The minimum absolute atomic E-state index is 0.0120. The molecule has 2 nitrogen and oxygen atoms in total. The third kappa shape index (κ3) is 3.45. The minimum Gasteiger partial charge on any atom is -0.369 e. The molecule has 18 heavy (non-hydrogen) atoms. The third-order valence-electron chi connectivity index (χ3n) is 2.65. The van der Waals surface area contributed by atoms with Gasteiger partial charge in [0.25, 0.3) is 0 Å². The van der Waals surface area contributed by atoms with Gasteiger partial charge < -0.3 is 4.74 Å². The highest BCUT2D eigenvalue weighted by atomic mass is 35.5. The summed E-state index contributed by atoms with van der Waals surface area (Å²) in [5.74, 6) is 0. The van der Waals surface area contributed by atoms with Gasteiger partial charge in [0.15, 0.2) is 0 Å². The van der Waals surface area contributed by atoms with E-state index in [-0.39, 0.29) is 6.10 Å². The van der Waals surface area contributed by atoms with E-state index in [1.807, 2.05) is 43.3 Å². The molecular weight excluding hydrogens is 269 g/mol. The first-order valence-electron chi connectivity index (χ1n) is 5.64. The Balaban J connectivity index is 1.99. The molecule has 0 spiro atoms. The summed E-state index contributed by atoms with van der Waals surface area (Å²) >= 11 is 11.7. The first-order valence-corrected chi connectivity index (χ1v) is 6.40. The topological polar surface area (TPSA) is 22.1 Å². The summed E-state index contributed by atoms with van der Waals surface area (Å²) in [6, 6.07) is 13.6. The molecule has 2 rings (SSSR count). The van der Waals surface area contributed by atoms with Crippen molar-refractivity contribution >= 4 is 23.2 Å². The maximum Gasteiger partial charge on any atom is 0.136 e. The van der Waals surface area contributed by atoms with Gasteiger partial charge in [-0.3, -0.25) is 0 Å². The van der Waals surface area contributed by atoms with Gasteiger partial charge in [0.1, 0.15) is 10.3 Å². The number of hydrogen-bond donors (Lipinski definition) is 0. The molecule has 0 radical (unpaired) electrons. The van der Waals surface area contributed by atoms with Gasteiger partial charge in [0.2, 0.25) is 0 Å². The van der Waals surface area contributed by atoms with Crippen molar-refractivity contribution in [1.29, 1.82) is 0 Å². The first kappa shape index (κ1) is 13.3. The van der Waals surface area contributed by atoms with E-state index in [9.17, 15) is 0 Å². The second-order valence-corrected chi connectivity index (χ2v) is 4.69. The van der Waals surface area contributed by atoms with Crippen molar-refractivity contribution in [2.24, 2.45) is 0 Å². The number of pyridine rings is 1. The number of ether oxygens (including phenoxy) is 1. The summed E-state index contributed by atoms with van der Waals surface area (Å²) < 4.78 is 5.77. The van der Waals surface area contributed by atoms with E-state index in [0.717, 1.165) is 11.1 Å². The van der Waals surface area contributed by atoms with Crippen molar-refractivity contribution in [2.45, 2.75) is 19.6 Å². The highest BCUT2D eigenvalue weighted by Crippen LogP contribution is 2.22. The Hall–Kier alpha value is -1.09. The summed E-state index contributed by atoms with van der Waals surface area (Å²) in [4.78, 5) is 3.98. The van der Waals surface area contributed by atoms with Crippen molar-refractivity contribution in [3.05, 3.63) is 63.9 Å². The Morgan fingerprint density at radius 1 is 1.11 bits per heavy atom. The fourth-order valence-corrected chi connectivity index (χ4v) is 1.98. The fraction of sp³-hybridized carbons (Fsp3) is 0.214. The lowest BCUT2D eigenvalue weighted by atomic mass is 10.1. The summed E-state index contributed by atoms with van der Waals surface area (Å²) in [6.45, 7) is 2.42. The van der Waals surface area contributed by atoms with Gasteiger partial charge >= 0.3 is 0 Å². The average Bonchev–Trinajstić information content (AvgIpc) is 2.38. The van der Waals surface area contributed by atoms with E-state index in [2.05, 4.69) is 4.98 Å². The summed E-state index contributed by atoms with van der Waals surface area (Å²) in [7, 11) is 0. The van der Waals surface area contributed by atoms with E-state index in [1.54, 1.807) is 6.07 Å². The molecule has 94 valence electrons. The predicted octanol–water partition coefficient (Wildman–Crippen LogP) is 4.67. The third-order valence-corrected chi connectivity index (χ3v) is 3.19. The average molecular weight is 282 g/mol. The molecule has 0 saturated heterocycles. The zero-order valence-electron chi connectivity index (χ0n) is 9.94. The van der Waals surface area contributed by atoms with E-state index in [1.165, 1.54) is 0 Å². The van der Waals surface area contributed by atoms with Crippen LogP contribution in [0.4, 0.5) is 0 Å². The Morgan fingerprint density at radius 2 is 1.83 bits per heavy atom. The largest absolute Gasteiger partial charge is 0.369 e. The van der Waals surface area contributed by atoms with Crippen molar-refractivity contribution in [2.75, 3.05) is 0 Å². The van der Waals surface area contributed by atoms with Gasteiger partial charge in [-0.2, -0.15) is 0 Å². The molecule has 1 unspecified atom stereocenters. The van der Waals surface area contributed by atoms with Crippen LogP contribution in [0.2, 0.25) is 10.3 Å². The molecule has 0 amide bonds. The molecular formula is C14H13Cl2NO. The molecule has 0 aliphatic rings. The minimum atomic E-state index is 0.0120. The van der Waals surface area contributed by atoms with E-state index in [4.69, 9.17) is 27.9 Å². The van der Waals surface area contributed by atoms with Crippen molar-refractivity contribution < 1.29 is 4.74 Å². The van der Waals surface area contributed by atoms with Crippen LogP contribution < -0.4 is 0 Å². The van der Waals surface area contributed by atoms with Crippen LogP contribution in [0, 0.1) is 0 Å². The lowest BCUT2D eigenvalue weighted by Gasteiger charge is -2.13. The molecule has 0 bridgehead atoms. The standard InChI is InChI=1S/C14H13Cl2NO/c1-10(11-5-3-2-4-6-11)18-9-12-7-8-13(15)17-14(12)16/h2-8,10H,9H2,1H3. The van der Waals surface area contributed by atoms with Crippen LogP contribution in [0.5, 0.6) is 0 Å².